The second kappa shape index (κ2) is 39.0. The number of esters is 2. The maximum Gasteiger partial charge on any atom is 0.306 e. The van der Waals surface area contributed by atoms with E-state index < -0.39 is 26.5 Å². The van der Waals surface area contributed by atoms with Crippen molar-refractivity contribution in [3.63, 3.8) is 0 Å². The van der Waals surface area contributed by atoms with Crippen molar-refractivity contribution in [2.45, 2.75) is 213 Å². The van der Waals surface area contributed by atoms with Crippen LogP contribution in [0.2, 0.25) is 0 Å². The molecular weight excluding hydrogens is 725 g/mol. The topological polar surface area (TPSA) is 111 Å². The number of allylic oxidation sites excluding steroid dienone is 4. The van der Waals surface area contributed by atoms with E-state index in [9.17, 15) is 19.0 Å². The van der Waals surface area contributed by atoms with E-state index in [4.69, 9.17) is 18.5 Å². The van der Waals surface area contributed by atoms with E-state index in [1.165, 1.54) is 128 Å². The fourth-order valence-electron chi connectivity index (χ4n) is 6.29. The zero-order valence-corrected chi connectivity index (χ0v) is 38.0. The average molecular weight is 814 g/mol. The minimum absolute atomic E-state index is 0.0325. The number of unbranched alkanes of at least 4 members (excludes halogenated alkanes) is 24. The number of nitrogens with zero attached hydrogens (tertiary/aromatic N) is 1. The van der Waals surface area contributed by atoms with Crippen molar-refractivity contribution in [2.75, 3.05) is 47.5 Å². The molecular formula is C46H88NO8P. The molecule has 0 aliphatic carbocycles. The first kappa shape index (κ1) is 54.5. The summed E-state index contributed by atoms with van der Waals surface area (Å²) in [6.07, 6.45) is 42.0. The van der Waals surface area contributed by atoms with Crippen LogP contribution in [-0.4, -0.2) is 70.0 Å². The van der Waals surface area contributed by atoms with Crippen LogP contribution < -0.4 is 4.89 Å². The highest BCUT2D eigenvalue weighted by molar-refractivity contribution is 7.45. The maximum absolute atomic E-state index is 12.7. The summed E-state index contributed by atoms with van der Waals surface area (Å²) < 4.78 is 33.9. The largest absolute Gasteiger partial charge is 0.756 e. The van der Waals surface area contributed by atoms with Gasteiger partial charge in [-0.1, -0.05) is 154 Å². The van der Waals surface area contributed by atoms with Crippen molar-refractivity contribution < 1.29 is 42.1 Å². The zero-order valence-electron chi connectivity index (χ0n) is 37.1. The van der Waals surface area contributed by atoms with Gasteiger partial charge in [-0.05, 0) is 64.2 Å². The smallest absolute Gasteiger partial charge is 0.306 e. The Morgan fingerprint density at radius 3 is 1.36 bits per heavy atom. The molecule has 0 saturated carbocycles. The molecule has 0 rings (SSSR count). The zero-order chi connectivity index (χ0) is 41.4. The fourth-order valence-corrected chi connectivity index (χ4v) is 7.02. The first-order valence-corrected chi connectivity index (χ1v) is 24.5. The minimum Gasteiger partial charge on any atom is -0.756 e. The van der Waals surface area contributed by atoms with Crippen molar-refractivity contribution >= 4 is 19.8 Å². The van der Waals surface area contributed by atoms with Crippen molar-refractivity contribution in [1.82, 2.24) is 0 Å². The van der Waals surface area contributed by atoms with Crippen LogP contribution in [0.15, 0.2) is 24.3 Å². The van der Waals surface area contributed by atoms with Gasteiger partial charge in [0, 0.05) is 12.8 Å². The van der Waals surface area contributed by atoms with Crippen molar-refractivity contribution in [2.24, 2.45) is 0 Å². The molecule has 0 aromatic heterocycles. The number of rotatable bonds is 42. The summed E-state index contributed by atoms with van der Waals surface area (Å²) in [6.45, 7) is 4.21. The number of hydrogen-bond acceptors (Lipinski definition) is 8. The highest BCUT2D eigenvalue weighted by Gasteiger charge is 2.21. The second-order valence-electron chi connectivity index (χ2n) is 16.8. The van der Waals surface area contributed by atoms with E-state index in [2.05, 4.69) is 38.2 Å². The lowest BCUT2D eigenvalue weighted by Gasteiger charge is -2.28. The Bertz CT molecular complexity index is 1010. The number of phosphoric ester groups is 1. The van der Waals surface area contributed by atoms with Gasteiger partial charge in [0.15, 0.2) is 6.10 Å². The summed E-state index contributed by atoms with van der Waals surface area (Å²) in [7, 11) is 1.16. The van der Waals surface area contributed by atoms with Crippen LogP contribution >= 0.6 is 7.82 Å². The first-order chi connectivity index (χ1) is 27.0. The van der Waals surface area contributed by atoms with E-state index in [0.29, 0.717) is 17.4 Å². The Labute approximate surface area is 345 Å². The summed E-state index contributed by atoms with van der Waals surface area (Å²) in [5, 5.41) is 0. The lowest BCUT2D eigenvalue weighted by molar-refractivity contribution is -0.870. The van der Waals surface area contributed by atoms with Gasteiger partial charge in [0.2, 0.25) is 0 Å². The molecule has 0 spiro atoms. The van der Waals surface area contributed by atoms with Crippen molar-refractivity contribution in [1.29, 1.82) is 0 Å². The van der Waals surface area contributed by atoms with Gasteiger partial charge in [0.1, 0.15) is 19.8 Å². The number of phosphoric acid groups is 1. The molecule has 0 aliphatic heterocycles. The average Bonchev–Trinajstić information content (AvgIpc) is 3.15. The van der Waals surface area contributed by atoms with Gasteiger partial charge in [-0.25, -0.2) is 0 Å². The number of likely N-dealkylation sites (N-methyl/N-ethyl adjacent to an activating group) is 1. The monoisotopic (exact) mass is 814 g/mol. The van der Waals surface area contributed by atoms with E-state index in [-0.39, 0.29) is 32.0 Å². The Balaban J connectivity index is 4.33. The molecule has 0 amide bonds. The molecule has 0 aromatic carbocycles. The fraction of sp³-hybridized carbons (Fsp3) is 0.870. The molecule has 0 radical (unpaired) electrons. The van der Waals surface area contributed by atoms with Gasteiger partial charge in [0.05, 0.1) is 27.7 Å². The van der Waals surface area contributed by atoms with Crippen LogP contribution in [0.4, 0.5) is 0 Å². The van der Waals surface area contributed by atoms with Crippen molar-refractivity contribution in [3.8, 4) is 0 Å². The van der Waals surface area contributed by atoms with Crippen LogP contribution in [0, 0.1) is 0 Å². The number of quaternary nitrogens is 1. The summed E-state index contributed by atoms with van der Waals surface area (Å²) in [5.74, 6) is -0.849. The Morgan fingerprint density at radius 2 is 0.911 bits per heavy atom. The van der Waals surface area contributed by atoms with Crippen LogP contribution in [0.5, 0.6) is 0 Å². The van der Waals surface area contributed by atoms with Gasteiger partial charge in [-0.2, -0.15) is 0 Å². The number of carbonyl (C=O) groups is 2. The lowest BCUT2D eigenvalue weighted by Crippen LogP contribution is -2.37. The molecule has 56 heavy (non-hydrogen) atoms. The van der Waals surface area contributed by atoms with E-state index in [1.54, 1.807) is 0 Å². The molecule has 1 unspecified atom stereocenters. The molecule has 0 heterocycles. The van der Waals surface area contributed by atoms with E-state index in [1.807, 2.05) is 21.1 Å². The number of hydrogen-bond donors (Lipinski definition) is 0. The van der Waals surface area contributed by atoms with Gasteiger partial charge in [-0.3, -0.25) is 14.2 Å². The molecule has 0 bridgehead atoms. The molecule has 0 saturated heterocycles. The Morgan fingerprint density at radius 1 is 0.536 bits per heavy atom. The molecule has 330 valence electrons. The number of ether oxygens (including phenoxy) is 2. The normalized spacial score (nSPS) is 13.8. The molecule has 10 heteroatoms. The van der Waals surface area contributed by atoms with Gasteiger partial charge >= 0.3 is 11.9 Å². The highest BCUT2D eigenvalue weighted by atomic mass is 31.2. The van der Waals surface area contributed by atoms with Crippen LogP contribution in [0.3, 0.4) is 0 Å². The summed E-state index contributed by atoms with van der Waals surface area (Å²) in [4.78, 5) is 37.5. The summed E-state index contributed by atoms with van der Waals surface area (Å²) in [6, 6.07) is 0. The first-order valence-electron chi connectivity index (χ1n) is 23.0. The molecule has 0 N–H and O–H groups in total. The maximum atomic E-state index is 12.7. The third-order valence-electron chi connectivity index (χ3n) is 9.94. The molecule has 9 nitrogen and oxygen atoms in total. The van der Waals surface area contributed by atoms with Gasteiger partial charge in [0.25, 0.3) is 7.82 Å². The molecule has 0 aromatic rings. The highest BCUT2D eigenvalue weighted by Crippen LogP contribution is 2.38. The van der Waals surface area contributed by atoms with E-state index >= 15 is 0 Å². The second-order valence-corrected chi connectivity index (χ2v) is 18.2. The minimum atomic E-state index is -4.63. The Kier molecular flexibility index (Phi) is 37.9. The van der Waals surface area contributed by atoms with Gasteiger partial charge in [-0.15, -0.1) is 0 Å². The Hall–Kier alpha value is -1.51. The summed E-state index contributed by atoms with van der Waals surface area (Å²) in [5.41, 5.74) is 0. The lowest BCUT2D eigenvalue weighted by atomic mass is 10.1. The third kappa shape index (κ3) is 42.1. The number of carbonyl (C=O) groups excluding carboxylic acids is 2. The molecule has 0 fully saturated rings. The predicted molar refractivity (Wildman–Crippen MR) is 231 cm³/mol. The molecule has 2 atom stereocenters. The standard InChI is InChI=1S/C46H88NO8P/c1-6-8-10-12-14-16-18-20-22-23-25-26-28-30-32-34-36-38-45(48)52-42-44(43-54-56(50,51)53-41-40-47(3,4)5)55-46(49)39-37-35-33-31-29-27-24-21-19-17-15-13-11-9-7-2/h16,18,27,29,44H,6-15,17,19-26,28,30-43H2,1-5H3/b18-16+,29-27+/t44-/m1/s1. The quantitative estimate of drug-likeness (QED) is 0.0197. The predicted octanol–water partition coefficient (Wildman–Crippen LogP) is 12.5. The summed E-state index contributed by atoms with van der Waals surface area (Å²) >= 11 is 0. The van der Waals surface area contributed by atoms with Crippen LogP contribution in [0.25, 0.3) is 0 Å². The third-order valence-corrected chi connectivity index (χ3v) is 10.9. The van der Waals surface area contributed by atoms with E-state index in [0.717, 1.165) is 44.9 Å². The van der Waals surface area contributed by atoms with Crippen LogP contribution in [-0.2, 0) is 32.7 Å². The SMILES string of the molecule is CCCCCC/C=C/CCCCCCCCCCCC(=O)OC[C@H](COP(=O)([O-])OCC[N+](C)(C)C)OC(=O)CCCCC/C=C/CCCCCCCCCC. The van der Waals surface area contributed by atoms with Crippen LogP contribution in [0.1, 0.15) is 206 Å². The molecule has 0 aliphatic rings. The van der Waals surface area contributed by atoms with Crippen molar-refractivity contribution in [3.05, 3.63) is 24.3 Å². The van der Waals surface area contributed by atoms with Gasteiger partial charge < -0.3 is 27.9 Å².